The Morgan fingerprint density at radius 1 is 1.14 bits per heavy atom. The number of aliphatic imine (C=N–C) groups is 1. The predicted octanol–water partition coefficient (Wildman–Crippen LogP) is 2.66. The summed E-state index contributed by atoms with van der Waals surface area (Å²) in [6, 6.07) is 12.5. The largest absolute Gasteiger partial charge is 0.368 e. The molecule has 0 fully saturated rings. The molecule has 1 aromatic carbocycles. The van der Waals surface area contributed by atoms with Crippen LogP contribution in [-0.4, -0.2) is 28.3 Å². The van der Waals surface area contributed by atoms with E-state index < -0.39 is 0 Å². The quantitative estimate of drug-likeness (QED) is 0.782. The molecule has 4 nitrogen and oxygen atoms in total. The molecule has 21 heavy (non-hydrogen) atoms. The number of hydrogen-bond acceptors (Lipinski definition) is 3. The maximum atomic E-state index is 4.76. The lowest BCUT2D eigenvalue weighted by molar-refractivity contribution is 0.960. The fraction of sp³-hybridized carbons (Fsp3) is 0.176. The van der Waals surface area contributed by atoms with E-state index in [0.29, 0.717) is 0 Å². The first kappa shape index (κ1) is 12.1. The second-order valence-electron chi connectivity index (χ2n) is 5.30. The number of hydrogen-bond donors (Lipinski definition) is 1. The smallest absolute Gasteiger partial charge is 0.137 e. The number of amidine groups is 1. The van der Waals surface area contributed by atoms with Crippen LogP contribution in [0.1, 0.15) is 11.1 Å². The highest BCUT2D eigenvalue weighted by atomic mass is 15.1. The molecule has 0 amide bonds. The normalized spacial score (nSPS) is 14.2. The summed E-state index contributed by atoms with van der Waals surface area (Å²) >= 11 is 0. The molecule has 4 heteroatoms. The van der Waals surface area contributed by atoms with Crippen LogP contribution in [0.4, 0.5) is 0 Å². The van der Waals surface area contributed by atoms with E-state index >= 15 is 0 Å². The van der Waals surface area contributed by atoms with Gasteiger partial charge in [-0.2, -0.15) is 0 Å². The average molecular weight is 276 g/mol. The Morgan fingerprint density at radius 2 is 2.00 bits per heavy atom. The van der Waals surface area contributed by atoms with Gasteiger partial charge in [-0.1, -0.05) is 24.3 Å². The van der Waals surface area contributed by atoms with E-state index in [1.807, 2.05) is 12.1 Å². The predicted molar refractivity (Wildman–Crippen MR) is 84.8 cm³/mol. The molecule has 0 saturated carbocycles. The van der Waals surface area contributed by atoms with E-state index in [1.54, 1.807) is 0 Å². The maximum absolute atomic E-state index is 4.76. The number of benzene rings is 1. The molecule has 0 atom stereocenters. The van der Waals surface area contributed by atoms with Gasteiger partial charge in [-0.15, -0.1) is 0 Å². The monoisotopic (exact) mass is 276 g/mol. The topological polar surface area (TPSA) is 41.7 Å². The average Bonchev–Trinajstić information content (AvgIpc) is 3.16. The van der Waals surface area contributed by atoms with Crippen molar-refractivity contribution >= 4 is 11.5 Å². The molecule has 1 N–H and O–H groups in total. The summed E-state index contributed by atoms with van der Waals surface area (Å²) in [5.41, 5.74) is 5.41. The minimum atomic E-state index is 0.841. The van der Waals surface area contributed by atoms with E-state index in [9.17, 15) is 0 Å². The van der Waals surface area contributed by atoms with Gasteiger partial charge in [0.2, 0.25) is 0 Å². The van der Waals surface area contributed by atoms with Gasteiger partial charge in [-0.3, -0.25) is 4.99 Å². The Morgan fingerprint density at radius 3 is 2.81 bits per heavy atom. The molecule has 3 aromatic rings. The highest BCUT2D eigenvalue weighted by Gasteiger charge is 2.15. The molecule has 0 spiro atoms. The van der Waals surface area contributed by atoms with Crippen LogP contribution in [0.25, 0.3) is 16.9 Å². The van der Waals surface area contributed by atoms with Crippen molar-refractivity contribution in [3.63, 3.8) is 0 Å². The Kier molecular flexibility index (Phi) is 2.74. The van der Waals surface area contributed by atoms with E-state index in [1.165, 1.54) is 5.56 Å². The SMILES string of the molecule is Cc1ccn2cc(-c3ccccc3C3=NCCN3)nc2c1. The molecule has 0 unspecified atom stereocenters. The van der Waals surface area contributed by atoms with E-state index in [2.05, 4.69) is 58.3 Å². The number of fused-ring (bicyclic) bond motifs is 1. The molecule has 0 bridgehead atoms. The number of nitrogens with one attached hydrogen (secondary N) is 1. The van der Waals surface area contributed by atoms with Crippen LogP contribution in [0.5, 0.6) is 0 Å². The van der Waals surface area contributed by atoms with Crippen molar-refractivity contribution in [2.45, 2.75) is 6.92 Å². The van der Waals surface area contributed by atoms with Gasteiger partial charge in [-0.25, -0.2) is 4.98 Å². The van der Waals surface area contributed by atoms with Crippen LogP contribution in [0.2, 0.25) is 0 Å². The van der Waals surface area contributed by atoms with Crippen molar-refractivity contribution in [2.75, 3.05) is 13.1 Å². The van der Waals surface area contributed by atoms with Crippen molar-refractivity contribution in [1.29, 1.82) is 0 Å². The maximum Gasteiger partial charge on any atom is 0.137 e. The molecular formula is C17H16N4. The van der Waals surface area contributed by atoms with Crippen LogP contribution in [0, 0.1) is 6.92 Å². The van der Waals surface area contributed by atoms with E-state index in [-0.39, 0.29) is 0 Å². The number of nitrogens with zero attached hydrogens (tertiary/aromatic N) is 3. The van der Waals surface area contributed by atoms with Crippen LogP contribution in [0.15, 0.2) is 53.8 Å². The number of aromatic nitrogens is 2. The highest BCUT2D eigenvalue weighted by molar-refractivity contribution is 6.05. The van der Waals surface area contributed by atoms with Gasteiger partial charge in [0, 0.05) is 30.1 Å². The first-order valence-corrected chi connectivity index (χ1v) is 7.15. The van der Waals surface area contributed by atoms with Crippen molar-refractivity contribution in [1.82, 2.24) is 14.7 Å². The molecule has 1 aliphatic rings. The Bertz CT molecular complexity index is 845. The first-order valence-electron chi connectivity index (χ1n) is 7.15. The van der Waals surface area contributed by atoms with Gasteiger partial charge >= 0.3 is 0 Å². The van der Waals surface area contributed by atoms with Crippen molar-refractivity contribution in [2.24, 2.45) is 4.99 Å². The zero-order valence-electron chi connectivity index (χ0n) is 11.9. The molecule has 1 aliphatic heterocycles. The minimum absolute atomic E-state index is 0.841. The fourth-order valence-corrected chi connectivity index (χ4v) is 2.70. The minimum Gasteiger partial charge on any atom is -0.368 e. The zero-order chi connectivity index (χ0) is 14.2. The lowest BCUT2D eigenvalue weighted by Gasteiger charge is -2.07. The van der Waals surface area contributed by atoms with Gasteiger partial charge in [-0.05, 0) is 24.6 Å². The zero-order valence-corrected chi connectivity index (χ0v) is 11.9. The van der Waals surface area contributed by atoms with Crippen LogP contribution < -0.4 is 5.32 Å². The second kappa shape index (κ2) is 4.74. The summed E-state index contributed by atoms with van der Waals surface area (Å²) in [6.07, 6.45) is 4.12. The standard InChI is InChI=1S/C17H16N4/c1-12-6-9-21-11-15(20-16(21)10-12)13-4-2-3-5-14(13)17-18-7-8-19-17/h2-6,9-11H,7-8H2,1H3,(H,18,19). The number of imidazole rings is 1. The first-order chi connectivity index (χ1) is 10.3. The van der Waals surface area contributed by atoms with Gasteiger partial charge in [0.25, 0.3) is 0 Å². The lowest BCUT2D eigenvalue weighted by atomic mass is 10.0. The molecule has 0 saturated heterocycles. The lowest BCUT2D eigenvalue weighted by Crippen LogP contribution is -2.20. The molecular weight excluding hydrogens is 260 g/mol. The number of rotatable bonds is 2. The van der Waals surface area contributed by atoms with E-state index in [4.69, 9.17) is 4.98 Å². The van der Waals surface area contributed by atoms with Crippen LogP contribution in [0.3, 0.4) is 0 Å². The molecule has 2 aromatic heterocycles. The van der Waals surface area contributed by atoms with Crippen molar-refractivity contribution in [3.8, 4) is 11.3 Å². The van der Waals surface area contributed by atoms with Crippen LogP contribution in [-0.2, 0) is 0 Å². The Hall–Kier alpha value is -2.62. The molecule has 0 radical (unpaired) electrons. The summed E-state index contributed by atoms with van der Waals surface area (Å²) in [6.45, 7) is 3.83. The van der Waals surface area contributed by atoms with Gasteiger partial charge < -0.3 is 9.72 Å². The third kappa shape index (κ3) is 2.09. The van der Waals surface area contributed by atoms with Gasteiger partial charge in [0.05, 0.1) is 12.2 Å². The fourth-order valence-electron chi connectivity index (χ4n) is 2.70. The molecule has 4 rings (SSSR count). The molecule has 104 valence electrons. The summed E-state index contributed by atoms with van der Waals surface area (Å²) in [5, 5.41) is 3.34. The van der Waals surface area contributed by atoms with Crippen LogP contribution >= 0.6 is 0 Å². The summed E-state index contributed by atoms with van der Waals surface area (Å²) in [5.74, 6) is 0.971. The molecule has 0 aliphatic carbocycles. The second-order valence-corrected chi connectivity index (χ2v) is 5.30. The van der Waals surface area contributed by atoms with Gasteiger partial charge in [0.1, 0.15) is 11.5 Å². The summed E-state index contributed by atoms with van der Waals surface area (Å²) < 4.78 is 2.06. The van der Waals surface area contributed by atoms with Gasteiger partial charge in [0.15, 0.2) is 0 Å². The van der Waals surface area contributed by atoms with E-state index in [0.717, 1.165) is 41.4 Å². The Labute approximate surface area is 123 Å². The highest BCUT2D eigenvalue weighted by Crippen LogP contribution is 2.24. The third-order valence-corrected chi connectivity index (χ3v) is 3.75. The number of pyridine rings is 1. The summed E-state index contributed by atoms with van der Waals surface area (Å²) in [4.78, 5) is 9.29. The third-order valence-electron chi connectivity index (χ3n) is 3.75. The number of aryl methyl sites for hydroxylation is 1. The van der Waals surface area contributed by atoms with Crippen molar-refractivity contribution in [3.05, 3.63) is 59.9 Å². The Balaban J connectivity index is 1.88. The molecule has 3 heterocycles. The summed E-state index contributed by atoms with van der Waals surface area (Å²) in [7, 11) is 0. The van der Waals surface area contributed by atoms with Crippen molar-refractivity contribution < 1.29 is 0 Å².